The van der Waals surface area contributed by atoms with E-state index < -0.39 is 0 Å². The molecule has 0 spiro atoms. The van der Waals surface area contributed by atoms with Crippen molar-refractivity contribution in [3.05, 3.63) is 46.0 Å². The number of anilines is 1. The van der Waals surface area contributed by atoms with Crippen LogP contribution >= 0.6 is 34.3 Å². The molecule has 1 N–H and O–H groups in total. The lowest BCUT2D eigenvalue weighted by atomic mass is 10.2. The van der Waals surface area contributed by atoms with E-state index in [-0.39, 0.29) is 17.7 Å². The Kier molecular flexibility index (Phi) is 3.52. The van der Waals surface area contributed by atoms with E-state index in [2.05, 4.69) is 10.3 Å². The van der Waals surface area contributed by atoms with Crippen LogP contribution in [0.3, 0.4) is 0 Å². The summed E-state index contributed by atoms with van der Waals surface area (Å²) in [6.07, 6.45) is 2.47. The minimum atomic E-state index is -0.0188. The molecule has 2 atom stereocenters. The van der Waals surface area contributed by atoms with Gasteiger partial charge < -0.3 is 9.73 Å². The van der Waals surface area contributed by atoms with Gasteiger partial charge in [-0.05, 0) is 30.7 Å². The third-order valence-corrected chi connectivity index (χ3v) is 5.61. The van der Waals surface area contributed by atoms with Crippen LogP contribution in [-0.2, 0) is 4.79 Å². The standard InChI is InChI=1S/C15H11ClN2O2S2/c16-13-4-3-12(22-13)10-7-21-15(17-10)18-14(19)9-6-8(9)11-2-1-5-20-11/h1-5,7-9H,6H2,(H,17,18,19)/t8-,9+/m0/s1. The molecule has 0 unspecified atom stereocenters. The van der Waals surface area contributed by atoms with Crippen molar-refractivity contribution in [1.82, 2.24) is 4.98 Å². The normalized spacial score (nSPS) is 20.0. The predicted octanol–water partition coefficient (Wildman–Crippen LogP) is 4.86. The van der Waals surface area contributed by atoms with Crippen LogP contribution in [0.4, 0.5) is 5.13 Å². The molecule has 4 nitrogen and oxygen atoms in total. The van der Waals surface area contributed by atoms with Gasteiger partial charge in [0, 0.05) is 17.2 Å². The fourth-order valence-electron chi connectivity index (χ4n) is 2.40. The van der Waals surface area contributed by atoms with Gasteiger partial charge in [-0.1, -0.05) is 11.6 Å². The Morgan fingerprint density at radius 3 is 3.05 bits per heavy atom. The van der Waals surface area contributed by atoms with Gasteiger partial charge in [0.2, 0.25) is 5.91 Å². The molecule has 112 valence electrons. The molecule has 3 heterocycles. The van der Waals surface area contributed by atoms with E-state index in [1.54, 1.807) is 6.26 Å². The summed E-state index contributed by atoms with van der Waals surface area (Å²) in [4.78, 5) is 17.7. The number of aromatic nitrogens is 1. The zero-order chi connectivity index (χ0) is 15.1. The van der Waals surface area contributed by atoms with Crippen LogP contribution in [0, 0.1) is 5.92 Å². The first-order chi connectivity index (χ1) is 10.7. The Labute approximate surface area is 139 Å². The van der Waals surface area contributed by atoms with Crippen LogP contribution in [0.2, 0.25) is 4.34 Å². The number of halogens is 1. The molecule has 3 aromatic rings. The molecule has 0 saturated heterocycles. The summed E-state index contributed by atoms with van der Waals surface area (Å²) in [7, 11) is 0. The number of nitrogens with zero attached hydrogens (tertiary/aromatic N) is 1. The van der Waals surface area contributed by atoms with Gasteiger partial charge in [0.05, 0.1) is 21.2 Å². The number of furan rings is 1. The second-order valence-electron chi connectivity index (χ2n) is 5.10. The van der Waals surface area contributed by atoms with Crippen LogP contribution in [0.15, 0.2) is 40.3 Å². The number of carbonyl (C=O) groups is 1. The summed E-state index contributed by atoms with van der Waals surface area (Å²) >= 11 is 8.83. The van der Waals surface area contributed by atoms with E-state index in [9.17, 15) is 4.79 Å². The van der Waals surface area contributed by atoms with E-state index in [0.717, 1.165) is 27.1 Å². The maximum Gasteiger partial charge on any atom is 0.230 e. The number of carbonyl (C=O) groups excluding carboxylic acids is 1. The van der Waals surface area contributed by atoms with Crippen LogP contribution in [-0.4, -0.2) is 10.9 Å². The third-order valence-electron chi connectivity index (χ3n) is 3.60. The highest BCUT2D eigenvalue weighted by Gasteiger charge is 2.46. The molecule has 1 fully saturated rings. The Morgan fingerprint density at radius 2 is 2.32 bits per heavy atom. The molecule has 7 heteroatoms. The summed E-state index contributed by atoms with van der Waals surface area (Å²) in [6.45, 7) is 0. The number of hydrogen-bond donors (Lipinski definition) is 1. The quantitative estimate of drug-likeness (QED) is 0.731. The second-order valence-corrected chi connectivity index (χ2v) is 7.67. The van der Waals surface area contributed by atoms with Crippen LogP contribution < -0.4 is 5.32 Å². The van der Waals surface area contributed by atoms with E-state index in [1.807, 2.05) is 29.6 Å². The Hall–Kier alpha value is -1.63. The first-order valence-corrected chi connectivity index (χ1v) is 8.83. The predicted molar refractivity (Wildman–Crippen MR) is 88.6 cm³/mol. The number of thiazole rings is 1. The molecule has 0 aliphatic heterocycles. The van der Waals surface area contributed by atoms with Gasteiger partial charge in [-0.15, -0.1) is 22.7 Å². The molecule has 0 radical (unpaired) electrons. The topological polar surface area (TPSA) is 55.1 Å². The summed E-state index contributed by atoms with van der Waals surface area (Å²) in [5.74, 6) is 1.07. The van der Waals surface area contributed by atoms with Gasteiger partial charge in [0.25, 0.3) is 0 Å². The van der Waals surface area contributed by atoms with Gasteiger partial charge >= 0.3 is 0 Å². The SMILES string of the molecule is O=C(Nc1nc(-c2ccc(Cl)s2)cs1)[C@@H]1C[C@@H]1c1ccco1. The molecule has 22 heavy (non-hydrogen) atoms. The van der Waals surface area contributed by atoms with Crippen molar-refractivity contribution >= 4 is 45.3 Å². The fourth-order valence-corrected chi connectivity index (χ4v) is 4.19. The van der Waals surface area contributed by atoms with Gasteiger partial charge in [-0.25, -0.2) is 4.98 Å². The minimum Gasteiger partial charge on any atom is -0.469 e. The highest BCUT2D eigenvalue weighted by atomic mass is 35.5. The number of nitrogens with one attached hydrogen (secondary N) is 1. The Bertz CT molecular complexity index is 809. The van der Waals surface area contributed by atoms with E-state index in [0.29, 0.717) is 5.13 Å². The molecule has 0 aromatic carbocycles. The highest BCUT2D eigenvalue weighted by molar-refractivity contribution is 7.20. The lowest BCUT2D eigenvalue weighted by Crippen LogP contribution is -2.14. The van der Waals surface area contributed by atoms with Crippen molar-refractivity contribution in [3.63, 3.8) is 0 Å². The van der Waals surface area contributed by atoms with E-state index in [4.69, 9.17) is 16.0 Å². The Morgan fingerprint density at radius 1 is 1.41 bits per heavy atom. The van der Waals surface area contributed by atoms with Crippen molar-refractivity contribution in [2.24, 2.45) is 5.92 Å². The number of amides is 1. The van der Waals surface area contributed by atoms with Crippen molar-refractivity contribution in [3.8, 4) is 10.6 Å². The number of thiophene rings is 1. The van der Waals surface area contributed by atoms with Crippen molar-refractivity contribution in [1.29, 1.82) is 0 Å². The van der Waals surface area contributed by atoms with E-state index >= 15 is 0 Å². The lowest BCUT2D eigenvalue weighted by Gasteiger charge is -1.99. The lowest BCUT2D eigenvalue weighted by molar-refractivity contribution is -0.117. The van der Waals surface area contributed by atoms with Crippen molar-refractivity contribution in [2.45, 2.75) is 12.3 Å². The molecule has 1 aliphatic rings. The molecule has 1 aliphatic carbocycles. The molecule has 3 aromatic heterocycles. The van der Waals surface area contributed by atoms with Gasteiger partial charge in [-0.3, -0.25) is 4.79 Å². The first kappa shape index (κ1) is 14.0. The van der Waals surface area contributed by atoms with E-state index in [1.165, 1.54) is 22.7 Å². The van der Waals surface area contributed by atoms with Crippen molar-refractivity contribution < 1.29 is 9.21 Å². The molecular formula is C15H11ClN2O2S2. The molecule has 0 bridgehead atoms. The minimum absolute atomic E-state index is 0.00603. The summed E-state index contributed by atoms with van der Waals surface area (Å²) in [6, 6.07) is 7.54. The van der Waals surface area contributed by atoms with Crippen LogP contribution in [0.5, 0.6) is 0 Å². The summed E-state index contributed by atoms with van der Waals surface area (Å²) in [5, 5.41) is 5.44. The highest BCUT2D eigenvalue weighted by Crippen LogP contribution is 2.48. The van der Waals surface area contributed by atoms with Gasteiger partial charge in [0.1, 0.15) is 5.76 Å². The molecular weight excluding hydrogens is 340 g/mol. The first-order valence-electron chi connectivity index (χ1n) is 6.76. The molecule has 1 amide bonds. The monoisotopic (exact) mass is 350 g/mol. The fraction of sp³-hybridized carbons (Fsp3) is 0.200. The zero-order valence-corrected chi connectivity index (χ0v) is 13.7. The summed E-state index contributed by atoms with van der Waals surface area (Å²) < 4.78 is 6.08. The largest absolute Gasteiger partial charge is 0.469 e. The average Bonchev–Trinajstić information content (AvgIpc) is 2.94. The average molecular weight is 351 g/mol. The van der Waals surface area contributed by atoms with Crippen LogP contribution in [0.1, 0.15) is 18.1 Å². The van der Waals surface area contributed by atoms with Gasteiger partial charge in [-0.2, -0.15) is 0 Å². The Balaban J connectivity index is 1.42. The smallest absolute Gasteiger partial charge is 0.230 e. The van der Waals surface area contributed by atoms with Crippen molar-refractivity contribution in [2.75, 3.05) is 5.32 Å². The maximum absolute atomic E-state index is 12.2. The number of hydrogen-bond acceptors (Lipinski definition) is 5. The maximum atomic E-state index is 12.2. The number of rotatable bonds is 4. The summed E-state index contributed by atoms with van der Waals surface area (Å²) in [5.41, 5.74) is 0.843. The molecule has 4 rings (SSSR count). The third kappa shape index (κ3) is 2.69. The molecule has 1 saturated carbocycles. The second kappa shape index (κ2) is 5.53. The van der Waals surface area contributed by atoms with Gasteiger partial charge in [0.15, 0.2) is 5.13 Å². The zero-order valence-electron chi connectivity index (χ0n) is 11.3. The van der Waals surface area contributed by atoms with Crippen LogP contribution in [0.25, 0.3) is 10.6 Å².